The minimum atomic E-state index is -0.719. The summed E-state index contributed by atoms with van der Waals surface area (Å²) in [5.41, 5.74) is 0.460. The average molecular weight is 428 g/mol. The van der Waals surface area contributed by atoms with E-state index >= 15 is 0 Å². The minimum Gasteiger partial charge on any atom is -0.466 e. The van der Waals surface area contributed by atoms with Gasteiger partial charge in [0.15, 0.2) is 0 Å². The monoisotopic (exact) mass is 428 g/mol. The zero-order valence-electron chi connectivity index (χ0n) is 17.4. The number of aromatic nitrogens is 1. The third kappa shape index (κ3) is 7.18. The molecule has 0 aliphatic carbocycles. The molecule has 0 radical (unpaired) electrons. The van der Waals surface area contributed by atoms with Crippen molar-refractivity contribution in [2.45, 2.75) is 33.2 Å². The van der Waals surface area contributed by atoms with Crippen molar-refractivity contribution in [1.29, 1.82) is 0 Å². The van der Waals surface area contributed by atoms with Crippen LogP contribution in [0.15, 0.2) is 53.8 Å². The van der Waals surface area contributed by atoms with Crippen LogP contribution in [0.4, 0.5) is 11.5 Å². The Morgan fingerprint density at radius 2 is 1.77 bits per heavy atom. The van der Waals surface area contributed by atoms with Gasteiger partial charge in [0.05, 0.1) is 31.1 Å². The number of nitro groups is 1. The van der Waals surface area contributed by atoms with Crippen LogP contribution in [0.3, 0.4) is 0 Å². The van der Waals surface area contributed by atoms with Crippen LogP contribution < -0.4 is 5.01 Å². The van der Waals surface area contributed by atoms with E-state index in [-0.39, 0.29) is 49.8 Å². The number of carbonyl (C=O) groups excluding carboxylic acids is 2. The molecule has 1 aromatic heterocycles. The van der Waals surface area contributed by atoms with Crippen LogP contribution in [0, 0.1) is 10.1 Å². The first kappa shape index (κ1) is 23.5. The fraction of sp³-hybridized carbons (Fsp3) is 0.333. The minimum absolute atomic E-state index is 0.0331. The number of ether oxygens (including phenoxy) is 2. The van der Waals surface area contributed by atoms with Gasteiger partial charge >= 0.3 is 17.6 Å². The van der Waals surface area contributed by atoms with E-state index in [0.717, 1.165) is 5.56 Å². The predicted octanol–water partition coefficient (Wildman–Crippen LogP) is 3.26. The molecule has 2 aromatic rings. The first-order chi connectivity index (χ1) is 15.0. The maximum Gasteiger partial charge on any atom is 0.354 e. The Hall–Kier alpha value is -3.82. The summed E-state index contributed by atoms with van der Waals surface area (Å²) in [6, 6.07) is 11.9. The summed E-state index contributed by atoms with van der Waals surface area (Å²) >= 11 is 0. The summed E-state index contributed by atoms with van der Waals surface area (Å²) in [6.45, 7) is 3.76. The maximum absolute atomic E-state index is 12.5. The van der Waals surface area contributed by atoms with Gasteiger partial charge < -0.3 is 9.47 Å². The number of esters is 2. The number of benzene rings is 1. The Labute approximate surface area is 179 Å². The summed E-state index contributed by atoms with van der Waals surface area (Å²) in [4.78, 5) is 39.3. The number of carbonyl (C=O) groups is 2. The van der Waals surface area contributed by atoms with Crippen molar-refractivity contribution in [3.8, 4) is 0 Å². The van der Waals surface area contributed by atoms with Crippen molar-refractivity contribution in [3.63, 3.8) is 0 Å². The van der Waals surface area contributed by atoms with Gasteiger partial charge in [-0.15, -0.1) is 0 Å². The lowest BCUT2D eigenvalue weighted by molar-refractivity contribution is -0.384. The van der Waals surface area contributed by atoms with E-state index in [1.807, 2.05) is 30.3 Å². The average Bonchev–Trinajstić information content (AvgIpc) is 2.76. The van der Waals surface area contributed by atoms with Crippen LogP contribution in [0.25, 0.3) is 0 Å². The van der Waals surface area contributed by atoms with E-state index in [0.29, 0.717) is 0 Å². The van der Waals surface area contributed by atoms with Gasteiger partial charge in [-0.3, -0.25) is 14.9 Å². The molecule has 0 saturated heterocycles. The quantitative estimate of drug-likeness (QED) is 0.231. The number of nitrogens with zero attached hydrogens (tertiary/aromatic N) is 4. The molecule has 1 aromatic carbocycles. The molecular formula is C21H24N4O6. The Morgan fingerprint density at radius 1 is 1.06 bits per heavy atom. The first-order valence-corrected chi connectivity index (χ1v) is 9.77. The maximum atomic E-state index is 12.5. The normalized spacial score (nSPS) is 11.0. The van der Waals surface area contributed by atoms with Gasteiger partial charge in [0.1, 0.15) is 5.71 Å². The molecule has 0 amide bonds. The second-order valence-corrected chi connectivity index (χ2v) is 6.22. The van der Waals surface area contributed by atoms with Crippen molar-refractivity contribution in [3.05, 3.63) is 64.3 Å². The molecular weight excluding hydrogens is 404 g/mol. The highest BCUT2D eigenvalue weighted by atomic mass is 16.6. The van der Waals surface area contributed by atoms with Gasteiger partial charge in [-0.1, -0.05) is 30.3 Å². The fourth-order valence-electron chi connectivity index (χ4n) is 2.65. The highest BCUT2D eigenvalue weighted by Crippen LogP contribution is 2.27. The number of hydrazone groups is 1. The topological polar surface area (TPSA) is 124 Å². The molecule has 0 fully saturated rings. The van der Waals surface area contributed by atoms with Gasteiger partial charge in [-0.25, -0.2) is 14.8 Å². The number of pyridine rings is 1. The third-order valence-corrected chi connectivity index (χ3v) is 4.01. The molecule has 0 spiro atoms. The molecule has 0 aliphatic rings. The molecule has 0 N–H and O–H groups in total. The summed E-state index contributed by atoms with van der Waals surface area (Å²) in [5.74, 6) is -1.24. The molecule has 164 valence electrons. The standard InChI is InChI=1S/C21H24N4O6/c1-3-30-19(26)13-12-17(21(27)31-4-2)23-24(15-16-9-6-5-7-10-16)20-18(25(28)29)11-8-14-22-20/h5-11,14H,3-4,12-13,15H2,1-2H3/b23-17-. The van der Waals surface area contributed by atoms with Crippen LogP contribution in [0.1, 0.15) is 32.3 Å². The van der Waals surface area contributed by atoms with E-state index in [1.54, 1.807) is 13.8 Å². The largest absolute Gasteiger partial charge is 0.466 e. The summed E-state index contributed by atoms with van der Waals surface area (Å²) in [6.07, 6.45) is 1.26. The van der Waals surface area contributed by atoms with Crippen LogP contribution in [-0.4, -0.2) is 40.8 Å². The van der Waals surface area contributed by atoms with Crippen molar-refractivity contribution >= 4 is 29.2 Å². The van der Waals surface area contributed by atoms with E-state index in [2.05, 4.69) is 10.1 Å². The van der Waals surface area contributed by atoms with E-state index in [1.165, 1.54) is 23.3 Å². The second kappa shape index (κ2) is 12.0. The van der Waals surface area contributed by atoms with Crippen molar-refractivity contribution in [2.24, 2.45) is 5.10 Å². The lowest BCUT2D eigenvalue weighted by Crippen LogP contribution is -2.26. The Balaban J connectivity index is 2.47. The molecule has 0 aliphatic heterocycles. The molecule has 31 heavy (non-hydrogen) atoms. The highest BCUT2D eigenvalue weighted by molar-refractivity contribution is 6.36. The zero-order chi connectivity index (χ0) is 22.6. The number of hydrogen-bond donors (Lipinski definition) is 0. The summed E-state index contributed by atoms with van der Waals surface area (Å²) < 4.78 is 9.96. The van der Waals surface area contributed by atoms with E-state index < -0.39 is 16.9 Å². The van der Waals surface area contributed by atoms with Crippen molar-refractivity contribution < 1.29 is 24.0 Å². The Kier molecular flexibility index (Phi) is 9.09. The van der Waals surface area contributed by atoms with Crippen LogP contribution in [-0.2, 0) is 25.6 Å². The lowest BCUT2D eigenvalue weighted by Gasteiger charge is -2.19. The molecule has 10 heteroatoms. The van der Waals surface area contributed by atoms with Crippen LogP contribution >= 0.6 is 0 Å². The smallest absolute Gasteiger partial charge is 0.354 e. The number of rotatable bonds is 11. The van der Waals surface area contributed by atoms with Gasteiger partial charge in [0.25, 0.3) is 0 Å². The second-order valence-electron chi connectivity index (χ2n) is 6.22. The lowest BCUT2D eigenvalue weighted by atomic mass is 10.2. The predicted molar refractivity (Wildman–Crippen MR) is 113 cm³/mol. The van der Waals surface area contributed by atoms with Gasteiger partial charge in [0.2, 0.25) is 5.82 Å². The molecule has 10 nitrogen and oxygen atoms in total. The molecule has 0 unspecified atom stereocenters. The van der Waals surface area contributed by atoms with Crippen LogP contribution in [0.5, 0.6) is 0 Å². The molecule has 0 atom stereocenters. The Bertz CT molecular complexity index is 932. The van der Waals surface area contributed by atoms with Gasteiger partial charge in [-0.2, -0.15) is 5.10 Å². The molecule has 0 saturated carbocycles. The SMILES string of the molecule is CCOC(=O)CC/C(=N/N(Cc1ccccc1)c1ncccc1[N+](=O)[O-])C(=O)OCC. The third-order valence-electron chi connectivity index (χ3n) is 4.01. The summed E-state index contributed by atoms with van der Waals surface area (Å²) in [5, 5.41) is 17.1. The molecule has 1 heterocycles. The molecule has 0 bridgehead atoms. The van der Waals surface area contributed by atoms with Crippen molar-refractivity contribution in [2.75, 3.05) is 18.2 Å². The zero-order valence-corrected chi connectivity index (χ0v) is 17.4. The van der Waals surface area contributed by atoms with Crippen LogP contribution in [0.2, 0.25) is 0 Å². The van der Waals surface area contributed by atoms with Gasteiger partial charge in [0, 0.05) is 18.7 Å². The van der Waals surface area contributed by atoms with E-state index in [4.69, 9.17) is 9.47 Å². The molecule has 2 rings (SSSR count). The number of anilines is 1. The number of hydrogen-bond acceptors (Lipinski definition) is 9. The summed E-state index contributed by atoms with van der Waals surface area (Å²) in [7, 11) is 0. The van der Waals surface area contributed by atoms with Crippen molar-refractivity contribution in [1.82, 2.24) is 4.98 Å². The highest BCUT2D eigenvalue weighted by Gasteiger charge is 2.24. The fourth-order valence-corrected chi connectivity index (χ4v) is 2.65. The van der Waals surface area contributed by atoms with Gasteiger partial charge in [-0.05, 0) is 25.5 Å². The Morgan fingerprint density at radius 3 is 2.42 bits per heavy atom. The van der Waals surface area contributed by atoms with E-state index in [9.17, 15) is 19.7 Å². The first-order valence-electron chi connectivity index (χ1n) is 9.77.